The van der Waals surface area contributed by atoms with Crippen molar-refractivity contribution in [1.82, 2.24) is 20.3 Å². The predicted octanol–water partition coefficient (Wildman–Crippen LogP) is 4.45. The molecule has 0 radical (unpaired) electrons. The van der Waals surface area contributed by atoms with E-state index in [0.717, 1.165) is 10.0 Å². The van der Waals surface area contributed by atoms with Gasteiger partial charge in [-0.2, -0.15) is 4.98 Å². The molecule has 0 bridgehead atoms. The Bertz CT molecular complexity index is 1350. The Labute approximate surface area is 200 Å². The third kappa shape index (κ3) is 5.58. The van der Waals surface area contributed by atoms with Crippen LogP contribution in [0.1, 0.15) is 10.5 Å². The fraction of sp³-hybridized carbons (Fsp3) is 0.130. The summed E-state index contributed by atoms with van der Waals surface area (Å²) in [4.78, 5) is 26.3. The maximum atomic E-state index is 13.2. The van der Waals surface area contributed by atoms with Crippen molar-refractivity contribution >= 4 is 55.3 Å². The van der Waals surface area contributed by atoms with Crippen molar-refractivity contribution in [3.05, 3.63) is 76.8 Å². The highest BCUT2D eigenvalue weighted by Crippen LogP contribution is 2.32. The SMILES string of the molecule is CS(=O)CCNC(=O)c1nc2nc(Nc3ccc(F)cc3)ncc2cc1-c1ccccc1Br. The molecule has 1 atom stereocenters. The number of carbonyl (C=O) groups excluding carboxylic acids is 1. The minimum Gasteiger partial charge on any atom is -0.350 e. The van der Waals surface area contributed by atoms with Gasteiger partial charge in [-0.25, -0.2) is 14.4 Å². The van der Waals surface area contributed by atoms with Crippen LogP contribution in [0.25, 0.3) is 22.2 Å². The van der Waals surface area contributed by atoms with E-state index < -0.39 is 10.8 Å². The Morgan fingerprint density at radius 2 is 1.85 bits per heavy atom. The Kier molecular flexibility index (Phi) is 7.05. The number of fused-ring (bicyclic) bond motifs is 1. The van der Waals surface area contributed by atoms with Gasteiger partial charge in [-0.3, -0.25) is 9.00 Å². The minimum atomic E-state index is -1.02. The van der Waals surface area contributed by atoms with Gasteiger partial charge in [0.2, 0.25) is 5.95 Å². The van der Waals surface area contributed by atoms with E-state index in [1.165, 1.54) is 12.1 Å². The molecule has 1 amide bonds. The molecule has 168 valence electrons. The molecule has 7 nitrogen and oxygen atoms in total. The number of rotatable bonds is 7. The number of amides is 1. The number of benzene rings is 2. The zero-order chi connectivity index (χ0) is 23.4. The van der Waals surface area contributed by atoms with Crippen LogP contribution in [0.3, 0.4) is 0 Å². The van der Waals surface area contributed by atoms with Gasteiger partial charge in [-0.15, -0.1) is 0 Å². The summed E-state index contributed by atoms with van der Waals surface area (Å²) < 4.78 is 25.3. The highest BCUT2D eigenvalue weighted by atomic mass is 79.9. The molecule has 2 aromatic carbocycles. The molecular formula is C23H19BrFN5O2S. The molecule has 0 aliphatic rings. The highest BCUT2D eigenvalue weighted by molar-refractivity contribution is 9.10. The molecule has 0 aliphatic heterocycles. The van der Waals surface area contributed by atoms with Crippen LogP contribution in [0, 0.1) is 5.82 Å². The molecule has 33 heavy (non-hydrogen) atoms. The summed E-state index contributed by atoms with van der Waals surface area (Å²) in [5.74, 6) is -0.121. The first-order valence-electron chi connectivity index (χ1n) is 9.94. The van der Waals surface area contributed by atoms with E-state index in [2.05, 4.69) is 41.5 Å². The van der Waals surface area contributed by atoms with E-state index in [1.54, 1.807) is 24.6 Å². The summed E-state index contributed by atoms with van der Waals surface area (Å²) in [6, 6.07) is 15.1. The number of hydrogen-bond acceptors (Lipinski definition) is 6. The van der Waals surface area contributed by atoms with E-state index in [4.69, 9.17) is 0 Å². The average molecular weight is 528 g/mol. The average Bonchev–Trinajstić information content (AvgIpc) is 2.80. The number of carbonyl (C=O) groups is 1. The molecule has 0 spiro atoms. The summed E-state index contributed by atoms with van der Waals surface area (Å²) in [6.45, 7) is 0.262. The van der Waals surface area contributed by atoms with Gasteiger partial charge in [0.1, 0.15) is 11.5 Å². The molecule has 2 aromatic heterocycles. The lowest BCUT2D eigenvalue weighted by Gasteiger charge is -2.13. The van der Waals surface area contributed by atoms with Gasteiger partial charge in [-0.1, -0.05) is 34.1 Å². The van der Waals surface area contributed by atoms with E-state index in [0.29, 0.717) is 28.0 Å². The molecule has 0 saturated carbocycles. The Morgan fingerprint density at radius 1 is 1.09 bits per heavy atom. The standard InChI is InChI=1S/C23H19BrFN5O2S/c1-33(32)11-10-26-22(31)20-18(17-4-2-3-5-19(17)24)12-14-13-27-23(30-21(14)29-20)28-16-8-6-15(25)7-9-16/h2-9,12-13H,10-11H2,1H3,(H,26,31)(H,27,28,29,30). The lowest BCUT2D eigenvalue weighted by Crippen LogP contribution is -2.29. The van der Waals surface area contributed by atoms with E-state index in [9.17, 15) is 13.4 Å². The summed E-state index contributed by atoms with van der Waals surface area (Å²) in [5, 5.41) is 6.43. The lowest BCUT2D eigenvalue weighted by molar-refractivity contribution is 0.0952. The largest absolute Gasteiger partial charge is 0.350 e. The van der Waals surface area contributed by atoms with E-state index >= 15 is 0 Å². The van der Waals surface area contributed by atoms with Gasteiger partial charge >= 0.3 is 0 Å². The van der Waals surface area contributed by atoms with E-state index in [-0.39, 0.29) is 29.9 Å². The first-order valence-corrected chi connectivity index (χ1v) is 12.5. The van der Waals surface area contributed by atoms with Crippen molar-refractivity contribution in [3.63, 3.8) is 0 Å². The zero-order valence-electron chi connectivity index (χ0n) is 17.5. The number of aromatic nitrogens is 3. The maximum Gasteiger partial charge on any atom is 0.270 e. The van der Waals surface area contributed by atoms with Gasteiger partial charge in [0.15, 0.2) is 5.65 Å². The molecule has 2 N–H and O–H groups in total. The van der Waals surface area contributed by atoms with Gasteiger partial charge in [0.05, 0.1) is 0 Å². The third-order valence-electron chi connectivity index (χ3n) is 4.72. The van der Waals surface area contributed by atoms with E-state index in [1.807, 2.05) is 30.3 Å². The molecule has 0 fully saturated rings. The summed E-state index contributed by atoms with van der Waals surface area (Å²) in [6.07, 6.45) is 3.20. The quantitative estimate of drug-likeness (QED) is 0.368. The van der Waals surface area contributed by atoms with Gasteiger partial charge in [0.25, 0.3) is 5.91 Å². The van der Waals surface area contributed by atoms with Crippen molar-refractivity contribution in [3.8, 4) is 11.1 Å². The number of halogens is 2. The fourth-order valence-electron chi connectivity index (χ4n) is 3.14. The smallest absolute Gasteiger partial charge is 0.270 e. The minimum absolute atomic E-state index is 0.197. The molecule has 4 rings (SSSR count). The molecule has 0 saturated heterocycles. The predicted molar refractivity (Wildman–Crippen MR) is 131 cm³/mol. The Balaban J connectivity index is 1.75. The van der Waals surface area contributed by atoms with Crippen molar-refractivity contribution < 1.29 is 13.4 Å². The summed E-state index contributed by atoms with van der Waals surface area (Å²) in [5.41, 5.74) is 2.56. The second-order valence-corrected chi connectivity index (χ2v) is 9.54. The second kappa shape index (κ2) is 10.1. The normalized spacial score (nSPS) is 11.8. The number of hydrogen-bond donors (Lipinski definition) is 2. The Hall–Kier alpha value is -3.24. The Morgan fingerprint density at radius 3 is 2.58 bits per heavy atom. The second-order valence-electron chi connectivity index (χ2n) is 7.14. The van der Waals surface area contributed by atoms with Crippen LogP contribution in [-0.2, 0) is 10.8 Å². The first-order chi connectivity index (χ1) is 15.9. The van der Waals surface area contributed by atoms with Crippen LogP contribution in [0.15, 0.2) is 65.3 Å². The van der Waals surface area contributed by atoms with Crippen LogP contribution >= 0.6 is 15.9 Å². The highest BCUT2D eigenvalue weighted by Gasteiger charge is 2.19. The van der Waals surface area contributed by atoms with Crippen molar-refractivity contribution in [2.75, 3.05) is 23.9 Å². The molecular weight excluding hydrogens is 509 g/mol. The number of nitrogens with zero attached hydrogens (tertiary/aromatic N) is 3. The van der Waals surface area contributed by atoms with Crippen LogP contribution in [-0.4, -0.2) is 43.6 Å². The van der Waals surface area contributed by atoms with Crippen LogP contribution in [0.2, 0.25) is 0 Å². The van der Waals surface area contributed by atoms with Crippen molar-refractivity contribution in [2.45, 2.75) is 0 Å². The molecule has 4 aromatic rings. The van der Waals surface area contributed by atoms with Crippen molar-refractivity contribution in [1.29, 1.82) is 0 Å². The van der Waals surface area contributed by atoms with Crippen LogP contribution in [0.4, 0.5) is 16.0 Å². The van der Waals surface area contributed by atoms with Gasteiger partial charge < -0.3 is 10.6 Å². The number of pyridine rings is 1. The van der Waals surface area contributed by atoms with Gasteiger partial charge in [-0.05, 0) is 42.0 Å². The molecule has 10 heteroatoms. The summed E-state index contributed by atoms with van der Waals surface area (Å²) in [7, 11) is -1.02. The first kappa shape index (κ1) is 22.9. The molecule has 1 unspecified atom stereocenters. The monoisotopic (exact) mass is 527 g/mol. The van der Waals surface area contributed by atoms with Crippen LogP contribution < -0.4 is 10.6 Å². The zero-order valence-corrected chi connectivity index (χ0v) is 19.9. The third-order valence-corrected chi connectivity index (χ3v) is 6.19. The molecule has 0 aliphatic carbocycles. The number of anilines is 2. The van der Waals surface area contributed by atoms with Gasteiger partial charge in [0, 0.05) is 56.7 Å². The summed E-state index contributed by atoms with van der Waals surface area (Å²) >= 11 is 3.54. The molecule has 2 heterocycles. The number of nitrogens with one attached hydrogen (secondary N) is 2. The lowest BCUT2D eigenvalue weighted by atomic mass is 10.0. The van der Waals surface area contributed by atoms with Crippen molar-refractivity contribution in [2.24, 2.45) is 0 Å². The van der Waals surface area contributed by atoms with Crippen LogP contribution in [0.5, 0.6) is 0 Å². The topological polar surface area (TPSA) is 96.9 Å². The fourth-order valence-corrected chi connectivity index (χ4v) is 4.02. The maximum absolute atomic E-state index is 13.2.